The molecule has 1 heterocycles. The first-order chi connectivity index (χ1) is 8.22. The Kier molecular flexibility index (Phi) is 3.61. The van der Waals surface area contributed by atoms with Crippen molar-refractivity contribution in [2.24, 2.45) is 5.16 Å². The second kappa shape index (κ2) is 5.17. The standard InChI is InChI=1S/C12H8Cl2N2O/c13-8-4-5-9(10(14)7-8)12(16-17)11-3-1-2-6-15-11/h1-7,17H/b16-12-. The van der Waals surface area contributed by atoms with E-state index in [9.17, 15) is 0 Å². The molecule has 0 radical (unpaired) electrons. The Balaban J connectivity index is 2.51. The number of halogens is 2. The molecule has 5 heteroatoms. The molecule has 1 aromatic carbocycles. The summed E-state index contributed by atoms with van der Waals surface area (Å²) in [6.45, 7) is 0. The molecule has 0 bridgehead atoms. The molecular formula is C12H8Cl2N2O. The van der Waals surface area contributed by atoms with Crippen molar-refractivity contribution in [2.75, 3.05) is 0 Å². The van der Waals surface area contributed by atoms with Crippen molar-refractivity contribution in [3.63, 3.8) is 0 Å². The van der Waals surface area contributed by atoms with Crippen LogP contribution in [-0.4, -0.2) is 15.9 Å². The summed E-state index contributed by atoms with van der Waals surface area (Å²) in [6.07, 6.45) is 1.62. The van der Waals surface area contributed by atoms with Crippen LogP contribution < -0.4 is 0 Å². The topological polar surface area (TPSA) is 45.5 Å². The number of aromatic nitrogens is 1. The average Bonchev–Trinajstić information content (AvgIpc) is 2.34. The van der Waals surface area contributed by atoms with Crippen LogP contribution in [0.1, 0.15) is 11.3 Å². The van der Waals surface area contributed by atoms with Crippen LogP contribution in [0.2, 0.25) is 10.0 Å². The predicted octanol–water partition coefficient (Wildman–Crippen LogP) is 3.62. The maximum atomic E-state index is 9.08. The van der Waals surface area contributed by atoms with Gasteiger partial charge in [-0.2, -0.15) is 0 Å². The van der Waals surface area contributed by atoms with E-state index in [2.05, 4.69) is 10.1 Å². The summed E-state index contributed by atoms with van der Waals surface area (Å²) >= 11 is 11.9. The van der Waals surface area contributed by atoms with Crippen LogP contribution >= 0.6 is 23.2 Å². The third kappa shape index (κ3) is 2.57. The Labute approximate surface area is 108 Å². The average molecular weight is 267 g/mol. The lowest BCUT2D eigenvalue weighted by molar-refractivity contribution is 0.319. The van der Waals surface area contributed by atoms with Gasteiger partial charge in [0.05, 0.1) is 10.7 Å². The lowest BCUT2D eigenvalue weighted by Crippen LogP contribution is -2.06. The van der Waals surface area contributed by atoms with Gasteiger partial charge in [0.25, 0.3) is 0 Å². The van der Waals surface area contributed by atoms with E-state index >= 15 is 0 Å². The zero-order valence-corrected chi connectivity index (χ0v) is 10.2. The van der Waals surface area contributed by atoms with Crippen molar-refractivity contribution in [1.82, 2.24) is 4.98 Å². The Hall–Kier alpha value is -1.58. The van der Waals surface area contributed by atoms with Crippen molar-refractivity contribution in [1.29, 1.82) is 0 Å². The minimum atomic E-state index is 0.312. The number of nitrogens with zero attached hydrogens (tertiary/aromatic N) is 2. The first-order valence-corrected chi connectivity index (χ1v) is 5.57. The molecule has 0 atom stereocenters. The van der Waals surface area contributed by atoms with Gasteiger partial charge in [-0.1, -0.05) is 34.4 Å². The Morgan fingerprint density at radius 2 is 2.00 bits per heavy atom. The molecule has 2 rings (SSSR count). The fourth-order valence-corrected chi connectivity index (χ4v) is 1.93. The van der Waals surface area contributed by atoms with Crippen LogP contribution in [0, 0.1) is 0 Å². The van der Waals surface area contributed by atoms with E-state index in [1.807, 2.05) is 0 Å². The minimum Gasteiger partial charge on any atom is -0.410 e. The number of benzene rings is 1. The molecule has 0 aliphatic carbocycles. The van der Waals surface area contributed by atoms with Crippen LogP contribution in [-0.2, 0) is 0 Å². The van der Waals surface area contributed by atoms with Crippen molar-refractivity contribution in [3.05, 3.63) is 63.9 Å². The smallest absolute Gasteiger partial charge is 0.136 e. The minimum absolute atomic E-state index is 0.312. The molecule has 0 amide bonds. The van der Waals surface area contributed by atoms with Gasteiger partial charge in [-0.25, -0.2) is 0 Å². The summed E-state index contributed by atoms with van der Waals surface area (Å²) in [7, 11) is 0. The monoisotopic (exact) mass is 266 g/mol. The molecule has 0 aliphatic rings. The quantitative estimate of drug-likeness (QED) is 0.513. The third-order valence-electron chi connectivity index (χ3n) is 2.19. The molecular weight excluding hydrogens is 259 g/mol. The molecule has 3 nitrogen and oxygen atoms in total. The van der Waals surface area contributed by atoms with Crippen LogP contribution in [0.15, 0.2) is 47.8 Å². The normalized spacial score (nSPS) is 11.5. The van der Waals surface area contributed by atoms with Gasteiger partial charge < -0.3 is 5.21 Å². The molecule has 17 heavy (non-hydrogen) atoms. The van der Waals surface area contributed by atoms with Gasteiger partial charge in [-0.05, 0) is 30.3 Å². The fraction of sp³-hybridized carbons (Fsp3) is 0. The van der Waals surface area contributed by atoms with Gasteiger partial charge in [0.1, 0.15) is 5.71 Å². The Bertz CT molecular complexity index is 556. The van der Waals surface area contributed by atoms with E-state index in [1.165, 1.54) is 0 Å². The molecule has 0 fully saturated rings. The van der Waals surface area contributed by atoms with Gasteiger partial charge in [-0.15, -0.1) is 0 Å². The zero-order valence-electron chi connectivity index (χ0n) is 8.64. The summed E-state index contributed by atoms with van der Waals surface area (Å²) in [4.78, 5) is 4.11. The van der Waals surface area contributed by atoms with Gasteiger partial charge in [0, 0.05) is 16.8 Å². The van der Waals surface area contributed by atoms with E-state index in [-0.39, 0.29) is 0 Å². The molecule has 0 saturated heterocycles. The SMILES string of the molecule is O/N=C(\c1ccccn1)c1ccc(Cl)cc1Cl. The van der Waals surface area contributed by atoms with Crippen LogP contribution in [0.3, 0.4) is 0 Å². The van der Waals surface area contributed by atoms with Crippen LogP contribution in [0.4, 0.5) is 0 Å². The molecule has 0 spiro atoms. The molecule has 0 aliphatic heterocycles. The predicted molar refractivity (Wildman–Crippen MR) is 68.1 cm³/mol. The number of oxime groups is 1. The molecule has 1 aromatic heterocycles. The van der Waals surface area contributed by atoms with Crippen molar-refractivity contribution >= 4 is 28.9 Å². The Morgan fingerprint density at radius 3 is 2.59 bits per heavy atom. The summed E-state index contributed by atoms with van der Waals surface area (Å²) in [5.41, 5.74) is 1.43. The number of pyridine rings is 1. The summed E-state index contributed by atoms with van der Waals surface area (Å²) in [5, 5.41) is 13.3. The molecule has 2 aromatic rings. The highest BCUT2D eigenvalue weighted by Crippen LogP contribution is 2.23. The van der Waals surface area contributed by atoms with Crippen molar-refractivity contribution < 1.29 is 5.21 Å². The molecule has 86 valence electrons. The van der Waals surface area contributed by atoms with Crippen LogP contribution in [0.5, 0.6) is 0 Å². The maximum Gasteiger partial charge on any atom is 0.136 e. The number of rotatable bonds is 2. The van der Waals surface area contributed by atoms with Crippen molar-refractivity contribution in [2.45, 2.75) is 0 Å². The zero-order chi connectivity index (χ0) is 12.3. The van der Waals surface area contributed by atoms with Gasteiger partial charge in [0.15, 0.2) is 0 Å². The van der Waals surface area contributed by atoms with Gasteiger partial charge in [0.2, 0.25) is 0 Å². The lowest BCUT2D eigenvalue weighted by Gasteiger charge is -2.06. The number of hydrogen-bond donors (Lipinski definition) is 1. The van der Waals surface area contributed by atoms with E-state index in [0.717, 1.165) is 0 Å². The maximum absolute atomic E-state index is 9.08. The summed E-state index contributed by atoms with van der Waals surface area (Å²) in [6, 6.07) is 10.3. The van der Waals surface area contributed by atoms with E-state index in [0.29, 0.717) is 27.0 Å². The first-order valence-electron chi connectivity index (χ1n) is 4.81. The van der Waals surface area contributed by atoms with Gasteiger partial charge >= 0.3 is 0 Å². The largest absolute Gasteiger partial charge is 0.410 e. The van der Waals surface area contributed by atoms with Crippen LogP contribution in [0.25, 0.3) is 0 Å². The van der Waals surface area contributed by atoms with Gasteiger partial charge in [-0.3, -0.25) is 4.98 Å². The van der Waals surface area contributed by atoms with Crippen molar-refractivity contribution in [3.8, 4) is 0 Å². The molecule has 1 N–H and O–H groups in total. The highest BCUT2D eigenvalue weighted by Gasteiger charge is 2.12. The Morgan fingerprint density at radius 1 is 1.18 bits per heavy atom. The number of hydrogen-bond acceptors (Lipinski definition) is 3. The lowest BCUT2D eigenvalue weighted by atomic mass is 10.1. The second-order valence-electron chi connectivity index (χ2n) is 3.29. The summed E-state index contributed by atoms with van der Waals surface area (Å²) in [5.74, 6) is 0. The highest BCUT2D eigenvalue weighted by molar-refractivity contribution is 6.37. The van der Waals surface area contributed by atoms with E-state index in [4.69, 9.17) is 28.4 Å². The third-order valence-corrected chi connectivity index (χ3v) is 2.74. The molecule has 0 unspecified atom stereocenters. The first kappa shape index (κ1) is 11.9. The van der Waals surface area contributed by atoms with E-state index in [1.54, 1.807) is 42.6 Å². The fourth-order valence-electron chi connectivity index (χ4n) is 1.43. The highest BCUT2D eigenvalue weighted by atomic mass is 35.5. The second-order valence-corrected chi connectivity index (χ2v) is 4.13. The van der Waals surface area contributed by atoms with E-state index < -0.39 is 0 Å². The summed E-state index contributed by atoms with van der Waals surface area (Å²) < 4.78 is 0. The molecule has 0 saturated carbocycles.